The molecule has 0 aliphatic carbocycles. The lowest BCUT2D eigenvalue weighted by atomic mass is 10.1. The molecule has 0 spiro atoms. The van der Waals surface area contributed by atoms with E-state index in [2.05, 4.69) is 27.2 Å². The molecule has 18 heavy (non-hydrogen) atoms. The Balaban J connectivity index is 2.19. The lowest BCUT2D eigenvalue weighted by Crippen LogP contribution is -2.22. The number of hydrogen-bond donors (Lipinski definition) is 2. The van der Waals surface area contributed by atoms with Crippen LogP contribution < -0.4 is 10.6 Å². The Hall–Kier alpha value is -1.46. The molecule has 2 aromatic rings. The third-order valence-corrected chi connectivity index (χ3v) is 4.22. The van der Waals surface area contributed by atoms with Crippen molar-refractivity contribution in [3.63, 3.8) is 0 Å². The van der Waals surface area contributed by atoms with Crippen LogP contribution in [0.5, 0.6) is 0 Å². The fraction of sp³-hybridized carbons (Fsp3) is 0.385. The van der Waals surface area contributed by atoms with Crippen molar-refractivity contribution in [1.82, 2.24) is 15.3 Å². The topological polar surface area (TPSA) is 49.8 Å². The summed E-state index contributed by atoms with van der Waals surface area (Å²) in [5.74, 6) is 1.78. The smallest absolute Gasteiger partial charge is 0.139 e. The standard InChI is InChI=1S/C13H16N4S/c1-3-5-15-12-11-9-4-6-14-7-10(9)18-13(11)17-8(2)16-12/h3,14H,1,4-7H2,2H3,(H,15,16,17). The van der Waals surface area contributed by atoms with E-state index < -0.39 is 0 Å². The Labute approximate surface area is 110 Å². The van der Waals surface area contributed by atoms with Gasteiger partial charge in [0.1, 0.15) is 16.5 Å². The lowest BCUT2D eigenvalue weighted by molar-refractivity contribution is 0.657. The van der Waals surface area contributed by atoms with E-state index in [0.717, 1.165) is 42.5 Å². The number of fused-ring (bicyclic) bond motifs is 3. The van der Waals surface area contributed by atoms with Gasteiger partial charge in [0.2, 0.25) is 0 Å². The molecule has 94 valence electrons. The third-order valence-electron chi connectivity index (χ3n) is 3.10. The molecule has 3 rings (SSSR count). The molecule has 5 heteroatoms. The lowest BCUT2D eigenvalue weighted by Gasteiger charge is -2.13. The van der Waals surface area contributed by atoms with Gasteiger partial charge in [0.25, 0.3) is 0 Å². The first-order valence-electron chi connectivity index (χ1n) is 6.14. The zero-order chi connectivity index (χ0) is 12.5. The second-order valence-corrected chi connectivity index (χ2v) is 5.48. The van der Waals surface area contributed by atoms with Gasteiger partial charge in [-0.2, -0.15) is 0 Å². The summed E-state index contributed by atoms with van der Waals surface area (Å²) >= 11 is 1.78. The highest BCUT2D eigenvalue weighted by molar-refractivity contribution is 7.19. The number of hydrogen-bond acceptors (Lipinski definition) is 5. The van der Waals surface area contributed by atoms with Crippen molar-refractivity contribution in [1.29, 1.82) is 0 Å². The summed E-state index contributed by atoms with van der Waals surface area (Å²) in [7, 11) is 0. The molecular formula is C13H16N4S. The van der Waals surface area contributed by atoms with Crippen LogP contribution in [0.15, 0.2) is 12.7 Å². The molecule has 0 bridgehead atoms. The van der Waals surface area contributed by atoms with Crippen molar-refractivity contribution in [3.05, 3.63) is 28.9 Å². The van der Waals surface area contributed by atoms with Gasteiger partial charge >= 0.3 is 0 Å². The van der Waals surface area contributed by atoms with E-state index in [0.29, 0.717) is 0 Å². The molecule has 3 heterocycles. The van der Waals surface area contributed by atoms with E-state index in [9.17, 15) is 0 Å². The maximum absolute atomic E-state index is 4.56. The minimum atomic E-state index is 0.731. The highest BCUT2D eigenvalue weighted by Gasteiger charge is 2.19. The highest BCUT2D eigenvalue weighted by atomic mass is 32.1. The van der Waals surface area contributed by atoms with Gasteiger partial charge in [0.05, 0.1) is 5.39 Å². The van der Waals surface area contributed by atoms with Crippen LogP contribution in [-0.4, -0.2) is 23.1 Å². The van der Waals surface area contributed by atoms with E-state index in [1.54, 1.807) is 11.3 Å². The molecule has 0 radical (unpaired) electrons. The SMILES string of the molecule is C=CCNc1nc(C)nc2sc3c(c12)CCNC3. The number of anilines is 1. The molecule has 0 saturated heterocycles. The van der Waals surface area contributed by atoms with Crippen LogP contribution in [0.25, 0.3) is 10.2 Å². The molecule has 0 atom stereocenters. The first-order valence-corrected chi connectivity index (χ1v) is 6.95. The summed E-state index contributed by atoms with van der Waals surface area (Å²) in [5, 5.41) is 7.95. The van der Waals surface area contributed by atoms with Crippen LogP contribution >= 0.6 is 11.3 Å². The quantitative estimate of drug-likeness (QED) is 0.831. The summed E-state index contributed by atoms with van der Waals surface area (Å²) in [6, 6.07) is 0. The van der Waals surface area contributed by atoms with E-state index >= 15 is 0 Å². The third kappa shape index (κ3) is 1.89. The number of aromatic nitrogens is 2. The molecule has 1 aliphatic heterocycles. The van der Waals surface area contributed by atoms with Crippen molar-refractivity contribution in [2.24, 2.45) is 0 Å². The fourth-order valence-corrected chi connectivity index (χ4v) is 3.56. The van der Waals surface area contributed by atoms with Crippen molar-refractivity contribution in [2.45, 2.75) is 19.9 Å². The molecule has 2 aromatic heterocycles. The Kier molecular flexibility index (Phi) is 3.01. The largest absolute Gasteiger partial charge is 0.366 e. The zero-order valence-corrected chi connectivity index (χ0v) is 11.2. The van der Waals surface area contributed by atoms with Gasteiger partial charge < -0.3 is 10.6 Å². The molecule has 0 amide bonds. The molecule has 0 aromatic carbocycles. The normalized spacial score (nSPS) is 14.5. The minimum absolute atomic E-state index is 0.731. The molecular weight excluding hydrogens is 244 g/mol. The number of nitrogens with zero attached hydrogens (tertiary/aromatic N) is 2. The Morgan fingerprint density at radius 2 is 2.39 bits per heavy atom. The molecule has 0 unspecified atom stereocenters. The van der Waals surface area contributed by atoms with Crippen LogP contribution in [0, 0.1) is 6.92 Å². The van der Waals surface area contributed by atoms with Gasteiger partial charge in [-0.25, -0.2) is 9.97 Å². The molecule has 1 aliphatic rings. The second kappa shape index (κ2) is 4.66. The van der Waals surface area contributed by atoms with Gasteiger partial charge in [-0.05, 0) is 25.5 Å². The van der Waals surface area contributed by atoms with Gasteiger partial charge in [-0.3, -0.25) is 0 Å². The Morgan fingerprint density at radius 3 is 3.22 bits per heavy atom. The van der Waals surface area contributed by atoms with E-state index in [1.165, 1.54) is 15.8 Å². The maximum Gasteiger partial charge on any atom is 0.139 e. The number of nitrogens with one attached hydrogen (secondary N) is 2. The van der Waals surface area contributed by atoms with Crippen LogP contribution in [-0.2, 0) is 13.0 Å². The highest BCUT2D eigenvalue weighted by Crippen LogP contribution is 2.35. The summed E-state index contributed by atoms with van der Waals surface area (Å²) in [5.41, 5.74) is 1.42. The first kappa shape index (κ1) is 11.6. The second-order valence-electron chi connectivity index (χ2n) is 4.40. The van der Waals surface area contributed by atoms with Crippen LogP contribution in [0.2, 0.25) is 0 Å². The monoisotopic (exact) mass is 260 g/mol. The summed E-state index contributed by atoms with van der Waals surface area (Å²) in [6.07, 6.45) is 2.91. The predicted octanol–water partition coefficient (Wildman–Crippen LogP) is 2.24. The van der Waals surface area contributed by atoms with E-state index in [-0.39, 0.29) is 0 Å². The van der Waals surface area contributed by atoms with Crippen molar-refractivity contribution in [2.75, 3.05) is 18.4 Å². The predicted molar refractivity (Wildman–Crippen MR) is 76.2 cm³/mol. The van der Waals surface area contributed by atoms with Crippen molar-refractivity contribution >= 4 is 27.4 Å². The minimum Gasteiger partial charge on any atom is -0.366 e. The maximum atomic E-state index is 4.56. The molecule has 4 nitrogen and oxygen atoms in total. The molecule has 0 fully saturated rings. The molecule has 2 N–H and O–H groups in total. The van der Waals surface area contributed by atoms with Gasteiger partial charge in [-0.15, -0.1) is 17.9 Å². The summed E-state index contributed by atoms with van der Waals surface area (Å²) in [4.78, 5) is 11.6. The molecule has 0 saturated carbocycles. The fourth-order valence-electron chi connectivity index (χ4n) is 2.33. The number of aryl methyl sites for hydroxylation is 1. The van der Waals surface area contributed by atoms with Crippen LogP contribution in [0.3, 0.4) is 0 Å². The Bertz CT molecular complexity index is 603. The summed E-state index contributed by atoms with van der Waals surface area (Å²) < 4.78 is 0. The van der Waals surface area contributed by atoms with Crippen LogP contribution in [0.1, 0.15) is 16.3 Å². The van der Waals surface area contributed by atoms with E-state index in [1.807, 2.05) is 13.0 Å². The van der Waals surface area contributed by atoms with Gasteiger partial charge in [0.15, 0.2) is 0 Å². The first-order chi connectivity index (χ1) is 8.79. The Morgan fingerprint density at radius 1 is 1.50 bits per heavy atom. The number of thiophene rings is 1. The van der Waals surface area contributed by atoms with E-state index in [4.69, 9.17) is 0 Å². The van der Waals surface area contributed by atoms with Gasteiger partial charge in [-0.1, -0.05) is 6.08 Å². The van der Waals surface area contributed by atoms with Gasteiger partial charge in [0, 0.05) is 18.0 Å². The summed E-state index contributed by atoms with van der Waals surface area (Å²) in [6.45, 7) is 8.40. The van der Waals surface area contributed by atoms with Crippen LogP contribution in [0.4, 0.5) is 5.82 Å². The van der Waals surface area contributed by atoms with Crippen molar-refractivity contribution < 1.29 is 0 Å². The average Bonchev–Trinajstić information content (AvgIpc) is 2.73. The average molecular weight is 260 g/mol. The number of rotatable bonds is 3. The van der Waals surface area contributed by atoms with Crippen molar-refractivity contribution in [3.8, 4) is 0 Å². The zero-order valence-electron chi connectivity index (χ0n) is 10.4.